The number of aliphatic carboxylic acids is 1. The van der Waals surface area contributed by atoms with Crippen molar-refractivity contribution in [3.05, 3.63) is 24.3 Å². The Morgan fingerprint density at radius 1 is 1.22 bits per heavy atom. The maximum atomic E-state index is 12.3. The van der Waals surface area contributed by atoms with Gasteiger partial charge in [0.15, 0.2) is 6.61 Å². The number of rotatable bonds is 8. The molecule has 146 valence electrons. The SMILES string of the molecule is O=C(O)CC1(NC(=O)COc2cccc(NC(=O)C3CC3)c2)CCOCC1. The van der Waals surface area contributed by atoms with Crippen LogP contribution in [-0.4, -0.2) is 48.2 Å². The third-order valence-corrected chi connectivity index (χ3v) is 4.76. The molecule has 1 saturated heterocycles. The Labute approximate surface area is 157 Å². The molecule has 1 aliphatic heterocycles. The highest BCUT2D eigenvalue weighted by molar-refractivity contribution is 5.94. The lowest BCUT2D eigenvalue weighted by atomic mass is 9.86. The third-order valence-electron chi connectivity index (χ3n) is 4.76. The van der Waals surface area contributed by atoms with E-state index in [1.807, 2.05) is 0 Å². The number of carboxylic acids is 1. The number of benzene rings is 1. The van der Waals surface area contributed by atoms with Crippen LogP contribution in [0.4, 0.5) is 5.69 Å². The average molecular weight is 376 g/mol. The van der Waals surface area contributed by atoms with E-state index < -0.39 is 11.5 Å². The standard InChI is InChI=1S/C19H24N2O6/c22-16(21-19(11-17(23)24)6-8-26-9-7-19)12-27-15-3-1-2-14(10-15)20-18(25)13-4-5-13/h1-3,10,13H,4-9,11-12H2,(H,20,25)(H,21,22)(H,23,24). The second-order valence-electron chi connectivity index (χ2n) is 7.09. The normalized spacial score (nSPS) is 18.4. The summed E-state index contributed by atoms with van der Waals surface area (Å²) in [6, 6.07) is 6.85. The van der Waals surface area contributed by atoms with Crippen LogP contribution in [0.3, 0.4) is 0 Å². The smallest absolute Gasteiger partial charge is 0.305 e. The van der Waals surface area contributed by atoms with Gasteiger partial charge in [0.2, 0.25) is 5.91 Å². The van der Waals surface area contributed by atoms with Gasteiger partial charge in [-0.3, -0.25) is 14.4 Å². The Kier molecular flexibility index (Phi) is 5.95. The molecule has 1 aromatic carbocycles. The molecule has 1 aromatic rings. The zero-order chi connectivity index (χ0) is 19.3. The van der Waals surface area contributed by atoms with Crippen LogP contribution in [0.25, 0.3) is 0 Å². The fourth-order valence-corrected chi connectivity index (χ4v) is 3.13. The van der Waals surface area contributed by atoms with Gasteiger partial charge in [0, 0.05) is 30.9 Å². The van der Waals surface area contributed by atoms with Crippen molar-refractivity contribution in [3.8, 4) is 5.75 Å². The molecule has 0 atom stereocenters. The van der Waals surface area contributed by atoms with Gasteiger partial charge in [0.25, 0.3) is 5.91 Å². The Hall–Kier alpha value is -2.61. The summed E-state index contributed by atoms with van der Waals surface area (Å²) in [5, 5.41) is 14.8. The van der Waals surface area contributed by atoms with Gasteiger partial charge in [-0.15, -0.1) is 0 Å². The van der Waals surface area contributed by atoms with Crippen molar-refractivity contribution < 1.29 is 29.0 Å². The first kappa shape index (κ1) is 19.2. The number of carboxylic acid groups (broad SMARTS) is 1. The Morgan fingerprint density at radius 2 is 1.96 bits per heavy atom. The summed E-state index contributed by atoms with van der Waals surface area (Å²) in [5.74, 6) is -0.786. The Bertz CT molecular complexity index is 710. The van der Waals surface area contributed by atoms with E-state index in [9.17, 15) is 14.4 Å². The maximum Gasteiger partial charge on any atom is 0.305 e. The Morgan fingerprint density at radius 3 is 2.63 bits per heavy atom. The zero-order valence-electron chi connectivity index (χ0n) is 15.0. The summed E-state index contributed by atoms with van der Waals surface area (Å²) in [5.41, 5.74) is -0.179. The van der Waals surface area contributed by atoms with Crippen molar-refractivity contribution >= 4 is 23.5 Å². The largest absolute Gasteiger partial charge is 0.484 e. The molecule has 8 heteroatoms. The number of nitrogens with one attached hydrogen (secondary N) is 2. The topological polar surface area (TPSA) is 114 Å². The highest BCUT2D eigenvalue weighted by Crippen LogP contribution is 2.30. The van der Waals surface area contributed by atoms with Gasteiger partial charge in [-0.1, -0.05) is 6.07 Å². The molecule has 3 N–H and O–H groups in total. The van der Waals surface area contributed by atoms with Gasteiger partial charge in [-0.05, 0) is 37.8 Å². The van der Waals surface area contributed by atoms with E-state index in [0.717, 1.165) is 12.8 Å². The van der Waals surface area contributed by atoms with Crippen LogP contribution < -0.4 is 15.4 Å². The Balaban J connectivity index is 1.53. The second kappa shape index (κ2) is 8.39. The van der Waals surface area contributed by atoms with Gasteiger partial charge in [-0.2, -0.15) is 0 Å². The van der Waals surface area contributed by atoms with Gasteiger partial charge in [0.05, 0.1) is 12.0 Å². The number of ether oxygens (including phenoxy) is 2. The molecular weight excluding hydrogens is 352 g/mol. The number of carbonyl (C=O) groups is 3. The summed E-state index contributed by atoms with van der Waals surface area (Å²) in [6.07, 6.45) is 2.60. The van der Waals surface area contributed by atoms with Crippen LogP contribution in [0.2, 0.25) is 0 Å². The van der Waals surface area contributed by atoms with Crippen LogP contribution >= 0.6 is 0 Å². The summed E-state index contributed by atoms with van der Waals surface area (Å²) < 4.78 is 10.8. The van der Waals surface area contributed by atoms with Crippen LogP contribution in [-0.2, 0) is 19.1 Å². The van der Waals surface area contributed by atoms with Crippen LogP contribution in [0.15, 0.2) is 24.3 Å². The number of anilines is 1. The van der Waals surface area contributed by atoms with Gasteiger partial charge < -0.3 is 25.2 Å². The minimum Gasteiger partial charge on any atom is -0.484 e. The molecular formula is C19H24N2O6. The molecule has 3 rings (SSSR count). The molecule has 2 fully saturated rings. The highest BCUT2D eigenvalue weighted by Gasteiger charge is 2.36. The second-order valence-corrected chi connectivity index (χ2v) is 7.09. The van der Waals surface area contributed by atoms with Gasteiger partial charge >= 0.3 is 5.97 Å². The first-order valence-electron chi connectivity index (χ1n) is 9.10. The molecule has 0 spiro atoms. The van der Waals surface area contributed by atoms with Crippen molar-refractivity contribution in [1.29, 1.82) is 0 Å². The molecule has 2 amide bonds. The van der Waals surface area contributed by atoms with Crippen molar-refractivity contribution in [2.24, 2.45) is 5.92 Å². The predicted molar refractivity (Wildman–Crippen MR) is 96.5 cm³/mol. The summed E-state index contributed by atoms with van der Waals surface area (Å²) in [4.78, 5) is 35.3. The first-order valence-corrected chi connectivity index (χ1v) is 9.10. The maximum absolute atomic E-state index is 12.3. The lowest BCUT2D eigenvalue weighted by Gasteiger charge is -2.36. The lowest BCUT2D eigenvalue weighted by molar-refractivity contribution is -0.140. The van der Waals surface area contributed by atoms with E-state index in [1.54, 1.807) is 24.3 Å². The van der Waals surface area contributed by atoms with Crippen molar-refractivity contribution in [3.63, 3.8) is 0 Å². The summed E-state index contributed by atoms with van der Waals surface area (Å²) >= 11 is 0. The molecule has 0 radical (unpaired) electrons. The van der Waals surface area contributed by atoms with Crippen LogP contribution in [0.1, 0.15) is 32.1 Å². The molecule has 1 aliphatic carbocycles. The summed E-state index contributed by atoms with van der Waals surface area (Å²) in [6.45, 7) is 0.594. The van der Waals surface area contributed by atoms with Crippen LogP contribution in [0.5, 0.6) is 5.75 Å². The van der Waals surface area contributed by atoms with E-state index in [2.05, 4.69) is 10.6 Å². The minimum atomic E-state index is -0.961. The van der Waals surface area contributed by atoms with E-state index in [1.165, 1.54) is 0 Å². The van der Waals surface area contributed by atoms with Crippen molar-refractivity contribution in [1.82, 2.24) is 5.32 Å². The van der Waals surface area contributed by atoms with E-state index in [0.29, 0.717) is 37.5 Å². The lowest BCUT2D eigenvalue weighted by Crippen LogP contribution is -2.54. The minimum absolute atomic E-state index is 0.0000212. The number of hydrogen-bond donors (Lipinski definition) is 3. The van der Waals surface area contributed by atoms with Gasteiger partial charge in [-0.25, -0.2) is 0 Å². The molecule has 27 heavy (non-hydrogen) atoms. The van der Waals surface area contributed by atoms with Crippen molar-refractivity contribution in [2.45, 2.75) is 37.6 Å². The number of hydrogen-bond acceptors (Lipinski definition) is 5. The summed E-state index contributed by atoms with van der Waals surface area (Å²) in [7, 11) is 0. The monoisotopic (exact) mass is 376 g/mol. The molecule has 0 unspecified atom stereocenters. The van der Waals surface area contributed by atoms with Crippen molar-refractivity contribution in [2.75, 3.05) is 25.1 Å². The van der Waals surface area contributed by atoms with E-state index in [-0.39, 0.29) is 30.8 Å². The van der Waals surface area contributed by atoms with Crippen LogP contribution in [0, 0.1) is 5.92 Å². The molecule has 0 bridgehead atoms. The average Bonchev–Trinajstić information content (AvgIpc) is 3.45. The fourth-order valence-electron chi connectivity index (χ4n) is 3.13. The van der Waals surface area contributed by atoms with E-state index in [4.69, 9.17) is 14.6 Å². The fraction of sp³-hybridized carbons (Fsp3) is 0.526. The number of amides is 2. The first-order chi connectivity index (χ1) is 13.0. The molecule has 0 aromatic heterocycles. The van der Waals surface area contributed by atoms with E-state index >= 15 is 0 Å². The quantitative estimate of drug-likeness (QED) is 0.634. The molecule has 8 nitrogen and oxygen atoms in total. The molecule has 2 aliphatic rings. The highest BCUT2D eigenvalue weighted by atomic mass is 16.5. The molecule has 1 heterocycles. The zero-order valence-corrected chi connectivity index (χ0v) is 15.0. The van der Waals surface area contributed by atoms with Gasteiger partial charge in [0.1, 0.15) is 5.75 Å². The molecule has 1 saturated carbocycles. The predicted octanol–water partition coefficient (Wildman–Crippen LogP) is 1.55. The third kappa shape index (κ3) is 5.68. The number of carbonyl (C=O) groups excluding carboxylic acids is 2.